The Balaban J connectivity index is 1.45. The normalized spacial score (nSPS) is 11.6. The number of thioether (sulfide) groups is 1. The number of carbonyl (C=O) groups excluding carboxylic acids is 1. The molecule has 0 aliphatic heterocycles. The molecule has 0 bridgehead atoms. The topological polar surface area (TPSA) is 72.2 Å². The molecular weight excluding hydrogens is 489 g/mol. The van der Waals surface area contributed by atoms with E-state index in [9.17, 15) is 4.79 Å². The van der Waals surface area contributed by atoms with Crippen LogP contribution in [0.4, 0.5) is 0 Å². The van der Waals surface area contributed by atoms with Crippen molar-refractivity contribution in [3.8, 4) is 17.1 Å². The van der Waals surface area contributed by atoms with Crippen LogP contribution < -0.4 is 5.43 Å². The van der Waals surface area contributed by atoms with E-state index in [4.69, 9.17) is 23.2 Å². The summed E-state index contributed by atoms with van der Waals surface area (Å²) >= 11 is 13.5. The van der Waals surface area contributed by atoms with Crippen molar-refractivity contribution in [2.75, 3.05) is 5.75 Å². The van der Waals surface area contributed by atoms with Gasteiger partial charge in [-0.3, -0.25) is 9.36 Å². The van der Waals surface area contributed by atoms with E-state index < -0.39 is 0 Å². The number of hydrogen-bond acceptors (Lipinski definition) is 5. The predicted molar refractivity (Wildman–Crippen MR) is 139 cm³/mol. The molecule has 1 N–H and O–H groups in total. The van der Waals surface area contributed by atoms with Crippen molar-refractivity contribution in [1.29, 1.82) is 0 Å². The maximum absolute atomic E-state index is 12.3. The van der Waals surface area contributed by atoms with E-state index in [-0.39, 0.29) is 11.7 Å². The van der Waals surface area contributed by atoms with Gasteiger partial charge in [-0.1, -0.05) is 95.6 Å². The van der Waals surface area contributed by atoms with Gasteiger partial charge in [0.1, 0.15) is 0 Å². The van der Waals surface area contributed by atoms with E-state index in [0.29, 0.717) is 21.0 Å². The van der Waals surface area contributed by atoms with Gasteiger partial charge < -0.3 is 0 Å². The molecule has 0 saturated carbocycles. The van der Waals surface area contributed by atoms with E-state index in [2.05, 4.69) is 20.7 Å². The molecule has 0 radical (unpaired) electrons. The third kappa shape index (κ3) is 6.35. The van der Waals surface area contributed by atoms with E-state index in [1.54, 1.807) is 18.2 Å². The summed E-state index contributed by atoms with van der Waals surface area (Å²) in [4.78, 5) is 12.3. The Kier molecular flexibility index (Phi) is 8.14. The van der Waals surface area contributed by atoms with Crippen LogP contribution in [0, 0.1) is 0 Å². The van der Waals surface area contributed by atoms with Gasteiger partial charge in [-0.05, 0) is 35.9 Å². The average molecular weight is 508 g/mol. The Morgan fingerprint density at radius 2 is 1.65 bits per heavy atom. The second kappa shape index (κ2) is 11.7. The molecule has 4 rings (SSSR count). The Hall–Kier alpha value is -3.39. The first-order valence-electron chi connectivity index (χ1n) is 10.2. The number of nitrogens with one attached hydrogen (secondary N) is 1. The molecule has 1 aromatic heterocycles. The van der Waals surface area contributed by atoms with Crippen molar-refractivity contribution in [2.45, 2.75) is 5.16 Å². The highest BCUT2D eigenvalue weighted by molar-refractivity contribution is 7.99. The summed E-state index contributed by atoms with van der Waals surface area (Å²) in [7, 11) is 0. The number of allylic oxidation sites excluding steroid dienone is 1. The van der Waals surface area contributed by atoms with Gasteiger partial charge in [0.25, 0.3) is 5.91 Å². The molecule has 34 heavy (non-hydrogen) atoms. The first kappa shape index (κ1) is 23.8. The van der Waals surface area contributed by atoms with Gasteiger partial charge in [-0.25, -0.2) is 5.43 Å². The Bertz CT molecular complexity index is 1310. The predicted octanol–water partition coefficient (Wildman–Crippen LogP) is 6.06. The first-order valence-corrected chi connectivity index (χ1v) is 12.0. The molecule has 0 aliphatic carbocycles. The molecule has 0 saturated heterocycles. The second-order valence-electron chi connectivity index (χ2n) is 7.01. The van der Waals surface area contributed by atoms with Gasteiger partial charge >= 0.3 is 0 Å². The lowest BCUT2D eigenvalue weighted by atomic mass is 10.2. The fraction of sp³-hybridized carbons (Fsp3) is 0.0400. The third-order valence-corrected chi connectivity index (χ3v) is 5.95. The SMILES string of the molecule is O=C(CSc1nnc(-c2ccccc2)n1-c1ccc(Cl)cc1)N/N=C/C(Cl)=C\c1ccccc1. The zero-order valence-electron chi connectivity index (χ0n) is 17.8. The minimum atomic E-state index is -0.294. The van der Waals surface area contributed by atoms with Crippen molar-refractivity contribution >= 4 is 53.2 Å². The molecule has 0 aliphatic rings. The molecule has 9 heteroatoms. The largest absolute Gasteiger partial charge is 0.272 e. The van der Waals surface area contributed by atoms with Crippen LogP contribution in [0.1, 0.15) is 5.56 Å². The fourth-order valence-electron chi connectivity index (χ4n) is 3.03. The molecule has 4 aromatic rings. The van der Waals surface area contributed by atoms with Gasteiger partial charge in [-0.15, -0.1) is 10.2 Å². The van der Waals surface area contributed by atoms with Crippen LogP contribution >= 0.6 is 35.0 Å². The van der Waals surface area contributed by atoms with Crippen molar-refractivity contribution in [1.82, 2.24) is 20.2 Å². The van der Waals surface area contributed by atoms with Crippen LogP contribution in [0.25, 0.3) is 23.2 Å². The zero-order chi connectivity index (χ0) is 23.8. The lowest BCUT2D eigenvalue weighted by Crippen LogP contribution is -2.19. The van der Waals surface area contributed by atoms with Crippen LogP contribution in [0.2, 0.25) is 5.02 Å². The monoisotopic (exact) mass is 507 g/mol. The number of carbonyl (C=O) groups is 1. The van der Waals surface area contributed by atoms with Crippen molar-refractivity contribution in [3.63, 3.8) is 0 Å². The number of nitrogens with zero attached hydrogens (tertiary/aromatic N) is 4. The minimum absolute atomic E-state index is 0.0951. The fourth-order valence-corrected chi connectivity index (χ4v) is 4.08. The van der Waals surface area contributed by atoms with Crippen LogP contribution in [0.3, 0.4) is 0 Å². The molecule has 0 atom stereocenters. The van der Waals surface area contributed by atoms with Gasteiger partial charge in [-0.2, -0.15) is 5.10 Å². The van der Waals surface area contributed by atoms with Crippen LogP contribution in [0.15, 0.2) is 100 Å². The summed E-state index contributed by atoms with van der Waals surface area (Å²) in [5.41, 5.74) is 5.17. The van der Waals surface area contributed by atoms with E-state index in [0.717, 1.165) is 16.8 Å². The number of halogens is 2. The summed E-state index contributed by atoms with van der Waals surface area (Å²) in [6.45, 7) is 0. The molecular formula is C25H19Cl2N5OS. The average Bonchev–Trinajstić information content (AvgIpc) is 3.28. The summed E-state index contributed by atoms with van der Waals surface area (Å²) in [5, 5.41) is 14.2. The number of hydrazone groups is 1. The molecule has 1 heterocycles. The lowest BCUT2D eigenvalue weighted by Gasteiger charge is -2.10. The van der Waals surface area contributed by atoms with Gasteiger partial charge in [0.2, 0.25) is 0 Å². The molecule has 3 aromatic carbocycles. The Labute approximate surface area is 211 Å². The number of amides is 1. The maximum atomic E-state index is 12.3. The number of rotatable bonds is 8. The molecule has 0 spiro atoms. The number of hydrogen-bond donors (Lipinski definition) is 1. The maximum Gasteiger partial charge on any atom is 0.250 e. The molecule has 0 fully saturated rings. The van der Waals surface area contributed by atoms with Gasteiger partial charge in [0, 0.05) is 16.3 Å². The number of aromatic nitrogens is 3. The summed E-state index contributed by atoms with van der Waals surface area (Å²) < 4.78 is 1.90. The third-order valence-electron chi connectivity index (χ3n) is 4.56. The highest BCUT2D eigenvalue weighted by atomic mass is 35.5. The quantitative estimate of drug-likeness (QED) is 0.178. The first-order chi connectivity index (χ1) is 16.6. The lowest BCUT2D eigenvalue weighted by molar-refractivity contribution is -0.118. The smallest absolute Gasteiger partial charge is 0.250 e. The summed E-state index contributed by atoms with van der Waals surface area (Å²) in [5.74, 6) is 0.469. The molecule has 1 amide bonds. The summed E-state index contributed by atoms with van der Waals surface area (Å²) in [6.07, 6.45) is 3.15. The summed E-state index contributed by atoms with van der Waals surface area (Å²) in [6, 6.07) is 26.7. The Morgan fingerprint density at radius 1 is 0.971 bits per heavy atom. The number of benzene rings is 3. The van der Waals surface area contributed by atoms with E-state index >= 15 is 0 Å². The minimum Gasteiger partial charge on any atom is -0.272 e. The van der Waals surface area contributed by atoms with Gasteiger partial charge in [0.05, 0.1) is 17.0 Å². The highest BCUT2D eigenvalue weighted by Gasteiger charge is 2.17. The van der Waals surface area contributed by atoms with Crippen LogP contribution in [-0.4, -0.2) is 32.6 Å². The van der Waals surface area contributed by atoms with E-state index in [1.165, 1.54) is 18.0 Å². The standard InChI is InChI=1S/C25H19Cl2N5OS/c26-20-11-13-22(14-12-20)32-24(19-9-5-2-6-10-19)30-31-25(32)34-17-23(33)29-28-16-21(27)15-18-7-3-1-4-8-18/h1-16H,17H2,(H,29,33)/b21-15+,28-16+. The van der Waals surface area contributed by atoms with Crippen molar-refractivity contribution in [3.05, 3.63) is 101 Å². The second-order valence-corrected chi connectivity index (χ2v) is 8.82. The van der Waals surface area contributed by atoms with Crippen molar-refractivity contribution < 1.29 is 4.79 Å². The zero-order valence-corrected chi connectivity index (χ0v) is 20.1. The van der Waals surface area contributed by atoms with Crippen LogP contribution in [-0.2, 0) is 4.79 Å². The molecule has 170 valence electrons. The van der Waals surface area contributed by atoms with Crippen molar-refractivity contribution in [2.24, 2.45) is 5.10 Å². The van der Waals surface area contributed by atoms with E-state index in [1.807, 2.05) is 77.4 Å². The van der Waals surface area contributed by atoms with Crippen LogP contribution in [0.5, 0.6) is 0 Å². The van der Waals surface area contributed by atoms with Gasteiger partial charge in [0.15, 0.2) is 11.0 Å². The Morgan fingerprint density at radius 3 is 2.35 bits per heavy atom. The highest BCUT2D eigenvalue weighted by Crippen LogP contribution is 2.28. The molecule has 0 unspecified atom stereocenters. The molecule has 6 nitrogen and oxygen atoms in total.